The van der Waals surface area contributed by atoms with Gasteiger partial charge in [0.1, 0.15) is 1.37 Å². The Bertz CT molecular complexity index is 946. The van der Waals surface area contributed by atoms with Gasteiger partial charge in [-0.05, 0) is 20.8 Å². The second-order valence-electron chi connectivity index (χ2n) is 5.54. The maximum atomic E-state index is 10.9. The number of hydrogen-bond acceptors (Lipinski definition) is 10. The third-order valence-corrected chi connectivity index (χ3v) is 3.01. The minimum atomic E-state index is -1.07. The molecule has 0 saturated carbocycles. The van der Waals surface area contributed by atoms with Gasteiger partial charge >= 0.3 is 17.9 Å². The molecule has 2 heterocycles. The number of carbonyl (C=O) groups is 7. The number of carbonyl (C=O) groups excluding carboxylic acids is 6. The van der Waals surface area contributed by atoms with Crippen molar-refractivity contribution in [2.24, 2.45) is 0 Å². The highest BCUT2D eigenvalue weighted by Gasteiger charge is 2.32. The number of carboxylic acid groups (broad SMARTS) is 1. The Hall–Kier alpha value is -4.67. The van der Waals surface area contributed by atoms with E-state index in [1.165, 1.54) is 27.2 Å². The third kappa shape index (κ3) is 18.6. The Labute approximate surface area is 203 Å². The van der Waals surface area contributed by atoms with Crippen molar-refractivity contribution in [3.63, 3.8) is 0 Å². The van der Waals surface area contributed by atoms with Gasteiger partial charge in [0.05, 0.1) is 6.61 Å². The molecule has 190 valence electrons. The van der Waals surface area contributed by atoms with E-state index in [1.807, 2.05) is 5.92 Å². The first-order chi connectivity index (χ1) is 16.8. The van der Waals surface area contributed by atoms with Gasteiger partial charge in [-0.1, -0.05) is 11.8 Å². The Morgan fingerprint density at radius 1 is 0.971 bits per heavy atom. The van der Waals surface area contributed by atoms with Crippen molar-refractivity contribution < 1.29 is 54.8 Å². The normalized spacial score (nSPS) is 12.9. The zero-order chi connectivity index (χ0) is 28.7. The molecule has 0 aliphatic carbocycles. The zero-order valence-corrected chi connectivity index (χ0v) is 19.6. The lowest BCUT2D eigenvalue weighted by atomic mass is 10.4. The van der Waals surface area contributed by atoms with Crippen LogP contribution >= 0.6 is 0 Å². The molecule has 0 unspecified atom stereocenters. The smallest absolute Gasteiger partial charge is 0.409 e. The summed E-state index contributed by atoms with van der Waals surface area (Å²) in [6.07, 6.45) is 6.24. The largest absolute Gasteiger partial charge is 0.472 e. The Balaban J connectivity index is -0.000000411. The summed E-state index contributed by atoms with van der Waals surface area (Å²) in [6.45, 7) is 6.59. The quantitative estimate of drug-likeness (QED) is 0.228. The molecule has 0 atom stereocenters. The zero-order valence-electron chi connectivity index (χ0n) is 20.6. The van der Waals surface area contributed by atoms with Crippen LogP contribution < -0.4 is 0 Å². The predicted octanol–water partition coefficient (Wildman–Crippen LogP) is 0.0546. The number of terminal acetylenes is 1. The first-order valence-corrected chi connectivity index (χ1v) is 9.54. The number of amides is 4. The summed E-state index contributed by atoms with van der Waals surface area (Å²) in [5, 5.41) is 16.8. The lowest BCUT2D eigenvalue weighted by Crippen LogP contribution is -2.31. The number of hydroxylamine groups is 4. The van der Waals surface area contributed by atoms with Crippen LogP contribution in [0.15, 0.2) is 0 Å². The van der Waals surface area contributed by atoms with Gasteiger partial charge in [-0.2, -0.15) is 5.06 Å². The number of imide groups is 2. The second-order valence-corrected chi connectivity index (χ2v) is 5.54. The molecule has 2 saturated heterocycles. The average Bonchev–Trinajstić information content (AvgIpc) is 3.25. The van der Waals surface area contributed by atoms with Crippen molar-refractivity contribution in [3.8, 4) is 36.5 Å². The molecule has 2 aliphatic rings. The van der Waals surface area contributed by atoms with Crippen molar-refractivity contribution in [3.05, 3.63) is 0 Å². The third-order valence-electron chi connectivity index (χ3n) is 3.01. The lowest BCUT2D eigenvalue weighted by Gasteiger charge is -2.09. The van der Waals surface area contributed by atoms with Crippen LogP contribution in [0.4, 0.5) is 0 Å². The van der Waals surface area contributed by atoms with Gasteiger partial charge in [0.15, 0.2) is 0 Å². The maximum absolute atomic E-state index is 10.9. The monoisotopic (exact) mass is 495 g/mol. The summed E-state index contributed by atoms with van der Waals surface area (Å²) in [4.78, 5) is 76.7. The van der Waals surface area contributed by atoms with Crippen molar-refractivity contribution in [1.29, 1.82) is 0 Å². The van der Waals surface area contributed by atoms with Crippen molar-refractivity contribution in [1.82, 2.24) is 10.1 Å². The van der Waals surface area contributed by atoms with Crippen LogP contribution in [0.25, 0.3) is 0 Å². The number of aliphatic carboxylic acids is 1. The molecule has 13 heteroatoms. The molecule has 2 fully saturated rings. The van der Waals surface area contributed by atoms with Crippen molar-refractivity contribution >= 4 is 41.5 Å². The van der Waals surface area contributed by atoms with E-state index < -0.39 is 35.6 Å². The first kappa shape index (κ1) is 32.5. The topological polar surface area (TPSA) is 185 Å². The van der Waals surface area contributed by atoms with E-state index in [2.05, 4.69) is 33.8 Å². The Morgan fingerprint density at radius 2 is 1.37 bits per heavy atom. The molecule has 35 heavy (non-hydrogen) atoms. The summed E-state index contributed by atoms with van der Waals surface area (Å²) < 4.78 is 10.1. The number of nitrogens with zero attached hydrogens (tertiary/aromatic N) is 2. The predicted molar refractivity (Wildman–Crippen MR) is 117 cm³/mol. The fourth-order valence-electron chi connectivity index (χ4n) is 1.74. The van der Waals surface area contributed by atoms with E-state index in [-0.39, 0.29) is 36.7 Å². The van der Waals surface area contributed by atoms with Crippen LogP contribution in [0.2, 0.25) is 0 Å². The van der Waals surface area contributed by atoms with E-state index in [0.717, 1.165) is 0 Å². The lowest BCUT2D eigenvalue weighted by molar-refractivity contribution is -0.193. The summed E-state index contributed by atoms with van der Waals surface area (Å²) in [6, 6.07) is 0. The van der Waals surface area contributed by atoms with E-state index in [1.54, 1.807) is 6.92 Å². The highest BCUT2D eigenvalue weighted by molar-refractivity contribution is 6.02. The summed E-state index contributed by atoms with van der Waals surface area (Å²) >= 11 is 0. The summed E-state index contributed by atoms with van der Waals surface area (Å²) in [5.74, 6) is 4.25. The molecule has 13 nitrogen and oxygen atoms in total. The van der Waals surface area contributed by atoms with Gasteiger partial charge in [0.2, 0.25) is 0 Å². The number of carboxylic acids is 1. The number of ether oxygens (including phenoxy) is 1. The molecular weight excluding hydrogens is 468 g/mol. The average molecular weight is 495 g/mol. The van der Waals surface area contributed by atoms with Crippen LogP contribution in [0, 0.1) is 36.5 Å². The van der Waals surface area contributed by atoms with Gasteiger partial charge in [0.25, 0.3) is 23.6 Å². The maximum Gasteiger partial charge on any atom is 0.409 e. The van der Waals surface area contributed by atoms with E-state index in [0.29, 0.717) is 11.7 Å². The molecule has 2 rings (SSSR count). The molecule has 0 radical (unpaired) electrons. The summed E-state index contributed by atoms with van der Waals surface area (Å²) in [5.41, 5.74) is 0. The molecule has 0 aromatic heterocycles. The Kier molecular flexibility index (Phi) is 19.7. The van der Waals surface area contributed by atoms with E-state index >= 15 is 0 Å². The van der Waals surface area contributed by atoms with Gasteiger partial charge in [0, 0.05) is 44.4 Å². The van der Waals surface area contributed by atoms with E-state index in [4.69, 9.17) is 11.7 Å². The van der Waals surface area contributed by atoms with Gasteiger partial charge < -0.3 is 14.7 Å². The molecule has 0 aromatic carbocycles. The fourth-order valence-corrected chi connectivity index (χ4v) is 1.74. The molecule has 0 bridgehead atoms. The molecular formula is C22H26N2O11. The standard InChI is InChI=1S/C8H7NO4.C4H5NO3.C4H8O2.C4H4O2.C2H2/c1-2-3-8(12)13-9-6(10)4-5-7(9)11;6-3-1-2-4(7)5(3)8;1-3-6-4(2)5;1-2-3-4(5)6;1-2/h4-5H2,1H3;8H,1-2H2;3H2,1-2H3;1H3,(H,5,6);1-2H/i;;;;1D. The molecule has 2 aliphatic heterocycles. The second kappa shape index (κ2) is 21.2. The van der Waals surface area contributed by atoms with Gasteiger partial charge in [-0.3, -0.25) is 29.2 Å². The first-order valence-electron chi connectivity index (χ1n) is 10.0. The van der Waals surface area contributed by atoms with Crippen molar-refractivity contribution in [2.45, 2.75) is 53.4 Å². The van der Waals surface area contributed by atoms with Crippen LogP contribution in [-0.4, -0.2) is 68.6 Å². The summed E-state index contributed by atoms with van der Waals surface area (Å²) in [7, 11) is 0. The Morgan fingerprint density at radius 3 is 1.57 bits per heavy atom. The number of esters is 1. The number of rotatable bonds is 2. The minimum absolute atomic E-state index is 0.0890. The molecule has 0 spiro atoms. The van der Waals surface area contributed by atoms with Gasteiger partial charge in [-0.15, -0.1) is 17.9 Å². The van der Waals surface area contributed by atoms with Crippen LogP contribution in [0.3, 0.4) is 0 Å². The van der Waals surface area contributed by atoms with Gasteiger partial charge in [-0.25, -0.2) is 9.59 Å². The van der Waals surface area contributed by atoms with Crippen LogP contribution in [0.5, 0.6) is 0 Å². The highest BCUT2D eigenvalue weighted by Crippen LogP contribution is 2.11. The molecule has 4 amide bonds. The van der Waals surface area contributed by atoms with E-state index in [9.17, 15) is 33.6 Å². The van der Waals surface area contributed by atoms with Crippen molar-refractivity contribution in [2.75, 3.05) is 6.61 Å². The SMILES string of the molecule is CC#CC(=O)O.CC#CC(=O)ON1C(=O)CCC1=O.CCOC(C)=O.O=C1CCC(=O)N1O.[2H]C#C. The number of hydrogen-bond donors (Lipinski definition) is 2. The minimum Gasteiger partial charge on any atom is -0.472 e. The highest BCUT2D eigenvalue weighted by atomic mass is 16.7. The molecule has 0 aromatic rings. The van der Waals surface area contributed by atoms with Crippen LogP contribution in [0.1, 0.15) is 54.7 Å². The van der Waals surface area contributed by atoms with Crippen LogP contribution in [-0.2, 0) is 43.1 Å². The fraction of sp³-hybridized carbons (Fsp3) is 0.409. The molecule has 2 N–H and O–H groups in total.